The molecule has 2 aliphatic rings. The number of anilines is 1. The lowest BCUT2D eigenvalue weighted by atomic mass is 10.1. The third kappa shape index (κ3) is 3.89. The Kier molecular flexibility index (Phi) is 6.30. The number of carboxylic acids is 2. The molecule has 0 saturated carbocycles. The smallest absolute Gasteiger partial charge is 0.326 e. The molecule has 1 atom stereocenters. The molecule has 0 unspecified atom stereocenters. The quantitative estimate of drug-likeness (QED) is 0.473. The summed E-state index contributed by atoms with van der Waals surface area (Å²) < 4.78 is 0.0629. The van der Waals surface area contributed by atoms with Gasteiger partial charge in [0.2, 0.25) is 0 Å². The van der Waals surface area contributed by atoms with Gasteiger partial charge >= 0.3 is 11.9 Å². The van der Waals surface area contributed by atoms with Crippen molar-refractivity contribution in [3.63, 3.8) is 0 Å². The van der Waals surface area contributed by atoms with Crippen LogP contribution in [-0.4, -0.2) is 67.8 Å². The standard InChI is InChI=1S/C18H16N2O6S3/c1-28-7-6-11(17(25)26)20-16(24)14(29-18(20)27)13-9-4-2-3-5-10(9)19(15(13)23)8-12(21)22/h2-5,11H,6-8H2,1H3,(H,21,22)(H,25,26)/b14-13-/t11-/m0/s1. The molecule has 11 heteroatoms. The summed E-state index contributed by atoms with van der Waals surface area (Å²) in [5.41, 5.74) is 0.864. The number of carboxylic acid groups (broad SMARTS) is 2. The molecule has 0 radical (unpaired) electrons. The Morgan fingerprint density at radius 3 is 2.52 bits per heavy atom. The van der Waals surface area contributed by atoms with E-state index in [0.29, 0.717) is 17.0 Å². The van der Waals surface area contributed by atoms with Crippen molar-refractivity contribution >= 4 is 75.1 Å². The van der Waals surface area contributed by atoms with Gasteiger partial charge in [-0.25, -0.2) is 4.79 Å². The average molecular weight is 453 g/mol. The molecule has 0 bridgehead atoms. The zero-order valence-electron chi connectivity index (χ0n) is 15.2. The van der Waals surface area contributed by atoms with Gasteiger partial charge in [0.15, 0.2) is 0 Å². The first kappa shape index (κ1) is 21.3. The molecular formula is C18H16N2O6S3. The highest BCUT2D eigenvalue weighted by Gasteiger charge is 2.45. The molecule has 0 aliphatic carbocycles. The van der Waals surface area contributed by atoms with E-state index in [4.69, 9.17) is 17.3 Å². The number of aliphatic carboxylic acids is 2. The number of hydrogen-bond acceptors (Lipinski definition) is 7. The zero-order chi connectivity index (χ0) is 21.3. The maximum Gasteiger partial charge on any atom is 0.326 e. The number of para-hydroxylation sites is 1. The highest BCUT2D eigenvalue weighted by Crippen LogP contribution is 2.45. The van der Waals surface area contributed by atoms with Gasteiger partial charge in [-0.2, -0.15) is 11.8 Å². The van der Waals surface area contributed by atoms with Gasteiger partial charge in [-0.3, -0.25) is 24.2 Å². The van der Waals surface area contributed by atoms with Crippen LogP contribution in [0.25, 0.3) is 5.57 Å². The van der Waals surface area contributed by atoms with E-state index in [2.05, 4.69) is 0 Å². The molecule has 1 aromatic rings. The fraction of sp³-hybridized carbons (Fsp3) is 0.278. The van der Waals surface area contributed by atoms with Gasteiger partial charge in [-0.15, -0.1) is 0 Å². The summed E-state index contributed by atoms with van der Waals surface area (Å²) in [6.07, 6.45) is 2.04. The lowest BCUT2D eigenvalue weighted by Gasteiger charge is -2.22. The minimum Gasteiger partial charge on any atom is -0.480 e. The van der Waals surface area contributed by atoms with Gasteiger partial charge < -0.3 is 10.2 Å². The zero-order valence-corrected chi connectivity index (χ0v) is 17.6. The Labute approximate surface area is 179 Å². The van der Waals surface area contributed by atoms with Crippen LogP contribution in [-0.2, 0) is 19.2 Å². The highest BCUT2D eigenvalue weighted by atomic mass is 32.2. The number of fused-ring (bicyclic) bond motifs is 1. The van der Waals surface area contributed by atoms with Gasteiger partial charge in [0.1, 0.15) is 16.9 Å². The van der Waals surface area contributed by atoms with Crippen LogP contribution in [0.2, 0.25) is 0 Å². The SMILES string of the molecule is CSCC[C@@H](C(=O)O)N1C(=O)/C(=C2/C(=O)N(CC(=O)O)c3ccccc32)SC1=S. The molecule has 0 spiro atoms. The van der Waals surface area contributed by atoms with Crippen LogP contribution in [0.1, 0.15) is 12.0 Å². The summed E-state index contributed by atoms with van der Waals surface area (Å²) in [4.78, 5) is 51.1. The van der Waals surface area contributed by atoms with E-state index >= 15 is 0 Å². The second-order valence-corrected chi connectivity index (χ2v) is 8.81. The van der Waals surface area contributed by atoms with E-state index in [1.807, 2.05) is 6.26 Å². The molecular weight excluding hydrogens is 436 g/mol. The Bertz CT molecular complexity index is 961. The Balaban J connectivity index is 2.06. The number of hydrogen-bond donors (Lipinski definition) is 2. The van der Waals surface area contributed by atoms with Crippen LogP contribution in [0.3, 0.4) is 0 Å². The largest absolute Gasteiger partial charge is 0.480 e. The minimum atomic E-state index is -1.19. The first-order valence-corrected chi connectivity index (χ1v) is 11.0. The van der Waals surface area contributed by atoms with Crippen molar-refractivity contribution in [1.29, 1.82) is 0 Å². The number of carbonyl (C=O) groups excluding carboxylic acids is 2. The van der Waals surface area contributed by atoms with Gasteiger partial charge in [-0.1, -0.05) is 42.2 Å². The van der Waals surface area contributed by atoms with E-state index in [1.165, 1.54) is 11.8 Å². The fourth-order valence-corrected chi connectivity index (χ4v) is 5.07. The number of amides is 2. The van der Waals surface area contributed by atoms with Gasteiger partial charge in [0.25, 0.3) is 11.8 Å². The Morgan fingerprint density at radius 1 is 1.21 bits per heavy atom. The number of carbonyl (C=O) groups is 4. The number of thiocarbonyl (C=S) groups is 1. The van der Waals surface area contributed by atoms with Crippen LogP contribution in [0.4, 0.5) is 5.69 Å². The van der Waals surface area contributed by atoms with Crippen molar-refractivity contribution in [2.24, 2.45) is 0 Å². The van der Waals surface area contributed by atoms with E-state index in [0.717, 1.165) is 21.6 Å². The maximum atomic E-state index is 13.1. The molecule has 8 nitrogen and oxygen atoms in total. The molecule has 152 valence electrons. The number of nitrogens with zero attached hydrogens (tertiary/aromatic N) is 2. The summed E-state index contributed by atoms with van der Waals surface area (Å²) in [7, 11) is 0. The summed E-state index contributed by atoms with van der Waals surface area (Å²) in [5.74, 6) is -3.11. The van der Waals surface area contributed by atoms with E-state index in [1.54, 1.807) is 24.3 Å². The number of thioether (sulfide) groups is 2. The summed E-state index contributed by atoms with van der Waals surface area (Å²) in [6, 6.07) is 5.44. The molecule has 2 amide bonds. The minimum absolute atomic E-state index is 0.0238. The van der Waals surface area contributed by atoms with Crippen LogP contribution in [0.15, 0.2) is 29.2 Å². The second kappa shape index (κ2) is 8.56. The molecule has 1 aromatic carbocycles. The van der Waals surface area contributed by atoms with Gasteiger partial charge in [0, 0.05) is 5.56 Å². The van der Waals surface area contributed by atoms with E-state index < -0.39 is 36.3 Å². The molecule has 2 heterocycles. The van der Waals surface area contributed by atoms with Crippen molar-refractivity contribution in [2.75, 3.05) is 23.5 Å². The van der Waals surface area contributed by atoms with Crippen molar-refractivity contribution in [3.8, 4) is 0 Å². The highest BCUT2D eigenvalue weighted by molar-refractivity contribution is 8.26. The third-order valence-corrected chi connectivity index (χ3v) is 6.48. The molecule has 29 heavy (non-hydrogen) atoms. The summed E-state index contributed by atoms with van der Waals surface area (Å²) in [6.45, 7) is -0.550. The average Bonchev–Trinajstić information content (AvgIpc) is 3.09. The third-order valence-electron chi connectivity index (χ3n) is 4.43. The molecule has 3 rings (SSSR count). The summed E-state index contributed by atoms with van der Waals surface area (Å²) >= 11 is 7.58. The van der Waals surface area contributed by atoms with E-state index in [9.17, 15) is 24.3 Å². The van der Waals surface area contributed by atoms with Crippen molar-refractivity contribution < 1.29 is 29.4 Å². The van der Waals surface area contributed by atoms with Crippen molar-refractivity contribution in [1.82, 2.24) is 4.90 Å². The van der Waals surface area contributed by atoms with E-state index in [-0.39, 0.29) is 21.2 Å². The topological polar surface area (TPSA) is 115 Å². The summed E-state index contributed by atoms with van der Waals surface area (Å²) in [5, 5.41) is 18.7. The molecule has 0 aromatic heterocycles. The second-order valence-electron chi connectivity index (χ2n) is 6.18. The van der Waals surface area contributed by atoms with Crippen LogP contribution in [0.5, 0.6) is 0 Å². The molecule has 1 saturated heterocycles. The van der Waals surface area contributed by atoms with Crippen LogP contribution < -0.4 is 4.90 Å². The Hall–Kier alpha value is -2.37. The predicted octanol–water partition coefficient (Wildman–Crippen LogP) is 1.90. The first-order valence-electron chi connectivity index (χ1n) is 8.42. The van der Waals surface area contributed by atoms with Crippen molar-refractivity contribution in [2.45, 2.75) is 12.5 Å². The van der Waals surface area contributed by atoms with Crippen LogP contribution >= 0.6 is 35.7 Å². The molecule has 2 N–H and O–H groups in total. The monoisotopic (exact) mass is 452 g/mol. The predicted molar refractivity (Wildman–Crippen MR) is 115 cm³/mol. The lowest BCUT2D eigenvalue weighted by Crippen LogP contribution is -2.44. The molecule has 2 aliphatic heterocycles. The number of benzene rings is 1. The van der Waals surface area contributed by atoms with Gasteiger partial charge in [0.05, 0.1) is 16.2 Å². The number of rotatable bonds is 7. The van der Waals surface area contributed by atoms with Crippen LogP contribution in [0, 0.1) is 0 Å². The van der Waals surface area contributed by atoms with Crippen molar-refractivity contribution in [3.05, 3.63) is 34.7 Å². The first-order chi connectivity index (χ1) is 13.8. The normalized spacial score (nSPS) is 19.7. The Morgan fingerprint density at radius 2 is 1.90 bits per heavy atom. The molecule has 1 fully saturated rings. The maximum absolute atomic E-state index is 13.1. The fourth-order valence-electron chi connectivity index (χ4n) is 3.18. The van der Waals surface area contributed by atoms with Gasteiger partial charge in [-0.05, 0) is 24.5 Å². The lowest BCUT2D eigenvalue weighted by molar-refractivity contribution is -0.145.